The number of carbonyl (C=O) groups is 1. The lowest BCUT2D eigenvalue weighted by Crippen LogP contribution is -2.31. The van der Waals surface area contributed by atoms with E-state index in [4.69, 9.17) is 41.2 Å². The number of anilines is 1. The van der Waals surface area contributed by atoms with E-state index in [1.54, 1.807) is 12.1 Å². The van der Waals surface area contributed by atoms with Crippen molar-refractivity contribution in [2.24, 2.45) is 0 Å². The van der Waals surface area contributed by atoms with Crippen LogP contribution < -0.4 is 16.2 Å². The van der Waals surface area contributed by atoms with Crippen molar-refractivity contribution < 1.29 is 4.79 Å². The first-order chi connectivity index (χ1) is 11.4. The van der Waals surface area contributed by atoms with Gasteiger partial charge >= 0.3 is 0 Å². The molecule has 24 heavy (non-hydrogen) atoms. The number of benzene rings is 1. The van der Waals surface area contributed by atoms with Crippen LogP contribution in [0.1, 0.15) is 0 Å². The number of hydrogen-bond acceptors (Lipinski definition) is 4. The van der Waals surface area contributed by atoms with Crippen LogP contribution in [0.5, 0.6) is 0 Å². The Morgan fingerprint density at radius 1 is 1.33 bits per heavy atom. The molecule has 2 N–H and O–H groups in total. The molecule has 2 aromatic rings. The predicted octanol–water partition coefficient (Wildman–Crippen LogP) is 2.35. The van der Waals surface area contributed by atoms with Crippen molar-refractivity contribution in [2.75, 3.05) is 18.4 Å². The third-order valence-corrected chi connectivity index (χ3v) is 3.79. The van der Waals surface area contributed by atoms with Gasteiger partial charge in [-0.3, -0.25) is 9.59 Å². The zero-order chi connectivity index (χ0) is 17.7. The average molecular weight is 386 g/mol. The fraction of sp³-hybridized carbons (Fsp3) is 0.133. The van der Waals surface area contributed by atoms with E-state index < -0.39 is 5.56 Å². The maximum absolute atomic E-state index is 12.4. The molecule has 0 bridgehead atoms. The van der Waals surface area contributed by atoms with Crippen molar-refractivity contribution in [3.05, 3.63) is 49.8 Å². The number of amides is 1. The number of nitrogens with one attached hydrogen (secondary N) is 2. The molecule has 0 radical (unpaired) electrons. The number of rotatable bonds is 5. The lowest BCUT2D eigenvalue weighted by molar-refractivity contribution is -0.119. The first kappa shape index (κ1) is 18.1. The van der Waals surface area contributed by atoms with Gasteiger partial charge in [-0.05, 0) is 18.2 Å². The van der Waals surface area contributed by atoms with Gasteiger partial charge in [0.1, 0.15) is 5.02 Å². The number of carbonyl (C=O) groups excluding carboxylic acids is 1. The highest BCUT2D eigenvalue weighted by Gasteiger charge is 2.13. The first-order valence-corrected chi connectivity index (χ1v) is 7.74. The molecule has 0 aliphatic heterocycles. The van der Waals surface area contributed by atoms with E-state index in [0.717, 1.165) is 4.68 Å². The smallest absolute Gasteiger partial charge is 0.292 e. The normalized spacial score (nSPS) is 10.1. The van der Waals surface area contributed by atoms with E-state index in [1.807, 2.05) is 0 Å². The fourth-order valence-corrected chi connectivity index (χ4v) is 2.45. The van der Waals surface area contributed by atoms with E-state index in [1.165, 1.54) is 12.3 Å². The highest BCUT2D eigenvalue weighted by Crippen LogP contribution is 2.24. The number of hydrogen-bond donors (Lipinski definition) is 2. The van der Waals surface area contributed by atoms with Crippen molar-refractivity contribution in [2.45, 2.75) is 0 Å². The SMILES string of the molecule is C#CCNC(=O)CNc1cnn(-c2ccc(Cl)cc2Cl)c(=O)c1Cl. The summed E-state index contributed by atoms with van der Waals surface area (Å²) in [6.07, 6.45) is 6.36. The largest absolute Gasteiger partial charge is 0.373 e. The minimum Gasteiger partial charge on any atom is -0.373 e. The summed E-state index contributed by atoms with van der Waals surface area (Å²) in [5, 5.41) is 9.76. The molecule has 1 aromatic heterocycles. The van der Waals surface area contributed by atoms with E-state index in [0.29, 0.717) is 10.7 Å². The Morgan fingerprint density at radius 2 is 2.08 bits per heavy atom. The highest BCUT2D eigenvalue weighted by atomic mass is 35.5. The molecule has 2 rings (SSSR count). The Labute approximate surface area is 152 Å². The van der Waals surface area contributed by atoms with E-state index in [2.05, 4.69) is 21.7 Å². The number of nitrogens with zero attached hydrogens (tertiary/aromatic N) is 2. The van der Waals surface area contributed by atoms with Gasteiger partial charge in [0.05, 0.1) is 35.7 Å². The van der Waals surface area contributed by atoms with Gasteiger partial charge in [0.25, 0.3) is 5.56 Å². The van der Waals surface area contributed by atoms with Crippen molar-refractivity contribution in [3.8, 4) is 18.0 Å². The standard InChI is InChI=1S/C15H11Cl3N4O2/c1-2-5-19-13(23)8-20-11-7-21-22(15(24)14(11)18)12-4-3-9(16)6-10(12)17/h1,3-4,6-7,20H,5,8H2,(H,19,23). The Kier molecular flexibility index (Phi) is 6.10. The summed E-state index contributed by atoms with van der Waals surface area (Å²) in [4.78, 5) is 23.8. The molecule has 0 fully saturated rings. The van der Waals surface area contributed by atoms with Gasteiger partial charge in [-0.1, -0.05) is 40.7 Å². The molecule has 0 unspecified atom stereocenters. The molecule has 124 valence electrons. The Bertz CT molecular complexity index is 874. The maximum Gasteiger partial charge on any atom is 0.292 e. The molecule has 6 nitrogen and oxygen atoms in total. The quantitative estimate of drug-likeness (QED) is 0.775. The highest BCUT2D eigenvalue weighted by molar-refractivity contribution is 6.36. The van der Waals surface area contributed by atoms with Crippen LogP contribution in [0.25, 0.3) is 5.69 Å². The van der Waals surface area contributed by atoms with Crippen LogP contribution in [0.3, 0.4) is 0 Å². The van der Waals surface area contributed by atoms with Gasteiger partial charge in [-0.25, -0.2) is 0 Å². The summed E-state index contributed by atoms with van der Waals surface area (Å²) in [6.45, 7) is 0.0113. The fourth-order valence-electron chi connectivity index (χ4n) is 1.77. The van der Waals surface area contributed by atoms with E-state index >= 15 is 0 Å². The van der Waals surface area contributed by atoms with Crippen LogP contribution in [0.4, 0.5) is 5.69 Å². The van der Waals surface area contributed by atoms with Crippen LogP contribution in [-0.2, 0) is 4.79 Å². The molecular formula is C15H11Cl3N4O2. The lowest BCUT2D eigenvalue weighted by Gasteiger charge is -2.11. The monoisotopic (exact) mass is 384 g/mol. The molecule has 0 aliphatic rings. The van der Waals surface area contributed by atoms with Crippen molar-refractivity contribution in [1.29, 1.82) is 0 Å². The summed E-state index contributed by atoms with van der Waals surface area (Å²) < 4.78 is 1.05. The average Bonchev–Trinajstić information content (AvgIpc) is 2.55. The van der Waals surface area contributed by atoms with Gasteiger partial charge in [0.2, 0.25) is 5.91 Å². The first-order valence-electron chi connectivity index (χ1n) is 6.61. The third kappa shape index (κ3) is 4.20. The number of terminal acetylenes is 1. The van der Waals surface area contributed by atoms with Crippen LogP contribution in [0.15, 0.2) is 29.2 Å². The molecule has 1 aromatic carbocycles. The van der Waals surface area contributed by atoms with Gasteiger partial charge in [0, 0.05) is 5.02 Å². The second kappa shape index (κ2) is 8.06. The van der Waals surface area contributed by atoms with Crippen LogP contribution >= 0.6 is 34.8 Å². The molecule has 1 amide bonds. The Hall–Kier alpha value is -2.20. The predicted molar refractivity (Wildman–Crippen MR) is 95.2 cm³/mol. The molecule has 0 atom stereocenters. The topological polar surface area (TPSA) is 76.0 Å². The molecule has 0 spiro atoms. The van der Waals surface area contributed by atoms with Crippen molar-refractivity contribution in [3.63, 3.8) is 0 Å². The molecule has 0 saturated heterocycles. The van der Waals surface area contributed by atoms with Crippen LogP contribution in [0, 0.1) is 12.3 Å². The summed E-state index contributed by atoms with van der Waals surface area (Å²) in [7, 11) is 0. The Morgan fingerprint density at radius 3 is 2.75 bits per heavy atom. The minimum atomic E-state index is -0.588. The Balaban J connectivity index is 2.24. The molecule has 0 saturated carbocycles. The third-order valence-electron chi connectivity index (χ3n) is 2.88. The summed E-state index contributed by atoms with van der Waals surface area (Å²) in [6, 6.07) is 4.62. The zero-order valence-corrected chi connectivity index (χ0v) is 14.4. The number of aromatic nitrogens is 2. The molecule has 1 heterocycles. The van der Waals surface area contributed by atoms with Crippen molar-refractivity contribution in [1.82, 2.24) is 15.1 Å². The van der Waals surface area contributed by atoms with Crippen molar-refractivity contribution >= 4 is 46.4 Å². The zero-order valence-electron chi connectivity index (χ0n) is 12.1. The molecule has 9 heteroatoms. The van der Waals surface area contributed by atoms with Gasteiger partial charge < -0.3 is 10.6 Å². The minimum absolute atomic E-state index is 0.103. The van der Waals surface area contributed by atoms with Crippen LogP contribution in [-0.4, -0.2) is 28.8 Å². The second-order valence-electron chi connectivity index (χ2n) is 4.52. The summed E-state index contributed by atoms with van der Waals surface area (Å²) in [5.41, 5.74) is -0.0277. The summed E-state index contributed by atoms with van der Waals surface area (Å²) >= 11 is 17.9. The van der Waals surface area contributed by atoms with Gasteiger partial charge in [-0.15, -0.1) is 6.42 Å². The van der Waals surface area contributed by atoms with Gasteiger partial charge in [-0.2, -0.15) is 9.78 Å². The number of halogens is 3. The molecular weight excluding hydrogens is 375 g/mol. The summed E-state index contributed by atoms with van der Waals surface area (Å²) in [5.74, 6) is 1.94. The maximum atomic E-state index is 12.4. The second-order valence-corrected chi connectivity index (χ2v) is 5.74. The lowest BCUT2D eigenvalue weighted by atomic mass is 10.3. The van der Waals surface area contributed by atoms with E-state index in [-0.39, 0.29) is 34.7 Å². The molecule has 0 aliphatic carbocycles. The van der Waals surface area contributed by atoms with Crippen LogP contribution in [0.2, 0.25) is 15.1 Å². The van der Waals surface area contributed by atoms with Gasteiger partial charge in [0.15, 0.2) is 0 Å². The van der Waals surface area contributed by atoms with E-state index in [9.17, 15) is 9.59 Å².